The normalized spacial score (nSPS) is 15.6. The lowest BCUT2D eigenvalue weighted by Crippen LogP contribution is -2.53. The van der Waals surface area contributed by atoms with Crippen LogP contribution < -0.4 is 5.32 Å². The van der Waals surface area contributed by atoms with Gasteiger partial charge in [0, 0.05) is 6.61 Å². The van der Waals surface area contributed by atoms with Crippen LogP contribution in [0.5, 0.6) is 0 Å². The van der Waals surface area contributed by atoms with E-state index in [9.17, 15) is 4.79 Å². The van der Waals surface area contributed by atoms with Crippen molar-refractivity contribution in [2.75, 3.05) is 19.8 Å². The fourth-order valence-corrected chi connectivity index (χ4v) is 0.885. The fraction of sp³-hybridized carbons (Fsp3) is 0.875. The van der Waals surface area contributed by atoms with E-state index in [2.05, 4.69) is 5.32 Å². The van der Waals surface area contributed by atoms with Crippen molar-refractivity contribution >= 4 is 5.97 Å². The van der Waals surface area contributed by atoms with Crippen LogP contribution in [0.25, 0.3) is 0 Å². The number of ether oxygens (including phenoxy) is 1. The monoisotopic (exact) mass is 175 g/mol. The quantitative estimate of drug-likeness (QED) is 0.616. The highest BCUT2D eigenvalue weighted by atomic mass is 16.5. The second-order valence-electron chi connectivity index (χ2n) is 2.80. The lowest BCUT2D eigenvalue weighted by Gasteiger charge is -2.24. The van der Waals surface area contributed by atoms with Crippen molar-refractivity contribution in [3.63, 3.8) is 0 Å². The molecule has 0 rings (SSSR count). The Balaban J connectivity index is 4.08. The lowest BCUT2D eigenvalue weighted by atomic mass is 10.0. The Bertz CT molecular complexity index is 149. The first-order valence-electron chi connectivity index (χ1n) is 4.13. The average Bonchev–Trinajstić information content (AvgIpc) is 2.01. The van der Waals surface area contributed by atoms with Gasteiger partial charge < -0.3 is 15.2 Å². The highest BCUT2D eigenvalue weighted by molar-refractivity contribution is 5.78. The van der Waals surface area contributed by atoms with Crippen molar-refractivity contribution in [3.8, 4) is 0 Å². The highest BCUT2D eigenvalue weighted by Crippen LogP contribution is 2.04. The Morgan fingerprint density at radius 2 is 2.17 bits per heavy atom. The van der Waals surface area contributed by atoms with Gasteiger partial charge >= 0.3 is 5.97 Å². The molecule has 0 heterocycles. The van der Waals surface area contributed by atoms with Crippen LogP contribution in [0.4, 0.5) is 0 Å². The van der Waals surface area contributed by atoms with Crippen LogP contribution in [0.1, 0.15) is 20.8 Å². The summed E-state index contributed by atoms with van der Waals surface area (Å²) in [6, 6.07) is 0. The van der Waals surface area contributed by atoms with Gasteiger partial charge in [-0.05, 0) is 20.4 Å². The Labute approximate surface area is 72.9 Å². The summed E-state index contributed by atoms with van der Waals surface area (Å²) in [6.45, 7) is 6.69. The zero-order valence-electron chi connectivity index (χ0n) is 7.89. The second kappa shape index (κ2) is 5.11. The molecule has 0 radical (unpaired) electrons. The van der Waals surface area contributed by atoms with Crippen molar-refractivity contribution in [2.24, 2.45) is 0 Å². The number of rotatable bonds is 6. The number of likely N-dealkylation sites (N-methyl/N-ethyl adjacent to an activating group) is 1. The molecule has 1 atom stereocenters. The van der Waals surface area contributed by atoms with E-state index in [0.717, 1.165) is 0 Å². The molecule has 0 saturated heterocycles. The van der Waals surface area contributed by atoms with Gasteiger partial charge in [0.1, 0.15) is 5.54 Å². The SMILES string of the molecule is CCNC(C)(COCC)C(=O)O. The largest absolute Gasteiger partial charge is 0.480 e. The van der Waals surface area contributed by atoms with Gasteiger partial charge in [0.05, 0.1) is 6.61 Å². The summed E-state index contributed by atoms with van der Waals surface area (Å²) in [7, 11) is 0. The zero-order chi connectivity index (χ0) is 9.61. The summed E-state index contributed by atoms with van der Waals surface area (Å²) in [4.78, 5) is 10.8. The summed E-state index contributed by atoms with van der Waals surface area (Å²) >= 11 is 0. The molecule has 0 saturated carbocycles. The molecule has 0 aromatic rings. The van der Waals surface area contributed by atoms with Crippen LogP contribution >= 0.6 is 0 Å². The number of hydrogen-bond acceptors (Lipinski definition) is 3. The summed E-state index contributed by atoms with van der Waals surface area (Å²) in [5.74, 6) is -0.877. The van der Waals surface area contributed by atoms with Gasteiger partial charge in [0.2, 0.25) is 0 Å². The molecule has 0 fully saturated rings. The van der Waals surface area contributed by atoms with Gasteiger partial charge in [0.25, 0.3) is 0 Å². The zero-order valence-corrected chi connectivity index (χ0v) is 7.89. The van der Waals surface area contributed by atoms with Gasteiger partial charge in [0.15, 0.2) is 0 Å². The van der Waals surface area contributed by atoms with Crippen LogP contribution in [0, 0.1) is 0 Å². The van der Waals surface area contributed by atoms with Gasteiger partial charge in [-0.2, -0.15) is 0 Å². The first-order valence-corrected chi connectivity index (χ1v) is 4.13. The van der Waals surface area contributed by atoms with E-state index in [1.807, 2.05) is 13.8 Å². The number of aliphatic carboxylic acids is 1. The minimum Gasteiger partial charge on any atom is -0.480 e. The summed E-state index contributed by atoms with van der Waals surface area (Å²) in [5, 5.41) is 11.7. The van der Waals surface area contributed by atoms with Crippen molar-refractivity contribution in [2.45, 2.75) is 26.3 Å². The molecule has 0 spiro atoms. The molecule has 0 aliphatic carbocycles. The summed E-state index contributed by atoms with van der Waals surface area (Å²) in [6.07, 6.45) is 0. The highest BCUT2D eigenvalue weighted by Gasteiger charge is 2.31. The van der Waals surface area contributed by atoms with E-state index < -0.39 is 11.5 Å². The van der Waals surface area contributed by atoms with Gasteiger partial charge in [-0.3, -0.25) is 4.79 Å². The van der Waals surface area contributed by atoms with E-state index in [-0.39, 0.29) is 6.61 Å². The summed E-state index contributed by atoms with van der Waals surface area (Å²) in [5.41, 5.74) is -0.954. The van der Waals surface area contributed by atoms with E-state index in [1.165, 1.54) is 0 Å². The first-order chi connectivity index (χ1) is 5.56. The third-order valence-electron chi connectivity index (χ3n) is 1.63. The molecule has 0 aliphatic rings. The Kier molecular flexibility index (Phi) is 4.85. The van der Waals surface area contributed by atoms with Crippen molar-refractivity contribution < 1.29 is 14.6 Å². The minimum atomic E-state index is -0.954. The number of carbonyl (C=O) groups is 1. The van der Waals surface area contributed by atoms with Crippen LogP contribution in [0.3, 0.4) is 0 Å². The molecule has 2 N–H and O–H groups in total. The van der Waals surface area contributed by atoms with Gasteiger partial charge in [-0.15, -0.1) is 0 Å². The molecule has 0 aliphatic heterocycles. The van der Waals surface area contributed by atoms with Crippen LogP contribution in [-0.2, 0) is 9.53 Å². The Hall–Kier alpha value is -0.610. The molecule has 1 unspecified atom stereocenters. The standard InChI is InChI=1S/C8H17NO3/c1-4-9-8(3,7(10)11)6-12-5-2/h9H,4-6H2,1-3H3,(H,10,11). The maximum atomic E-state index is 10.8. The Morgan fingerprint density at radius 3 is 2.50 bits per heavy atom. The van der Waals surface area contributed by atoms with Crippen molar-refractivity contribution in [1.82, 2.24) is 5.32 Å². The van der Waals surface area contributed by atoms with E-state index in [1.54, 1.807) is 6.92 Å². The fourth-order valence-electron chi connectivity index (χ4n) is 0.885. The number of hydrogen-bond donors (Lipinski definition) is 2. The molecule has 4 heteroatoms. The van der Waals surface area contributed by atoms with Crippen LogP contribution in [0.15, 0.2) is 0 Å². The molecule has 4 nitrogen and oxygen atoms in total. The molecule has 0 bridgehead atoms. The van der Waals surface area contributed by atoms with Crippen LogP contribution in [-0.4, -0.2) is 36.4 Å². The summed E-state index contributed by atoms with van der Waals surface area (Å²) < 4.78 is 5.07. The number of carboxylic acid groups (broad SMARTS) is 1. The molecular formula is C8H17NO3. The van der Waals surface area contributed by atoms with E-state index in [0.29, 0.717) is 13.2 Å². The first kappa shape index (κ1) is 11.4. The number of carboxylic acids is 1. The topological polar surface area (TPSA) is 58.6 Å². The van der Waals surface area contributed by atoms with Crippen molar-refractivity contribution in [1.29, 1.82) is 0 Å². The third kappa shape index (κ3) is 3.19. The minimum absolute atomic E-state index is 0.201. The molecule has 0 aromatic carbocycles. The number of nitrogens with one attached hydrogen (secondary N) is 1. The third-order valence-corrected chi connectivity index (χ3v) is 1.63. The molecule has 0 aromatic heterocycles. The molecule has 72 valence electrons. The van der Waals surface area contributed by atoms with Gasteiger partial charge in [-0.1, -0.05) is 6.92 Å². The second-order valence-corrected chi connectivity index (χ2v) is 2.80. The predicted molar refractivity (Wildman–Crippen MR) is 46.2 cm³/mol. The molecule has 0 amide bonds. The molecule has 12 heavy (non-hydrogen) atoms. The smallest absolute Gasteiger partial charge is 0.326 e. The maximum Gasteiger partial charge on any atom is 0.326 e. The predicted octanol–water partition coefficient (Wildman–Crippen LogP) is 0.476. The van der Waals surface area contributed by atoms with Gasteiger partial charge in [-0.25, -0.2) is 0 Å². The van der Waals surface area contributed by atoms with Crippen LogP contribution in [0.2, 0.25) is 0 Å². The Morgan fingerprint density at radius 1 is 1.58 bits per heavy atom. The molecular weight excluding hydrogens is 158 g/mol. The van der Waals surface area contributed by atoms with E-state index >= 15 is 0 Å². The van der Waals surface area contributed by atoms with E-state index in [4.69, 9.17) is 9.84 Å². The lowest BCUT2D eigenvalue weighted by molar-refractivity contribution is -0.146. The average molecular weight is 175 g/mol. The maximum absolute atomic E-state index is 10.8. The van der Waals surface area contributed by atoms with Crippen molar-refractivity contribution in [3.05, 3.63) is 0 Å².